The second kappa shape index (κ2) is 10.3. The fraction of sp³-hybridized carbons (Fsp3) is 0.818. The maximum atomic E-state index is 11.5. The highest BCUT2D eigenvalue weighted by Gasteiger charge is 2.13. The first-order valence-corrected chi connectivity index (χ1v) is 9.10. The summed E-state index contributed by atoms with van der Waals surface area (Å²) >= 11 is 8.08. The molecule has 0 heterocycles. The highest BCUT2D eigenvalue weighted by Crippen LogP contribution is 2.04. The molecule has 6 nitrogen and oxygen atoms in total. The summed E-state index contributed by atoms with van der Waals surface area (Å²) in [4.78, 5) is 21.6. The van der Waals surface area contributed by atoms with Crippen molar-refractivity contribution in [2.75, 3.05) is 23.9 Å². The van der Waals surface area contributed by atoms with E-state index in [1.807, 2.05) is 0 Å². The molecule has 118 valence electrons. The molecular weight excluding hydrogens is 324 g/mol. The summed E-state index contributed by atoms with van der Waals surface area (Å²) in [6.45, 7) is 0.150. The molecule has 0 aliphatic heterocycles. The van der Waals surface area contributed by atoms with Gasteiger partial charge in [0.05, 0.1) is 11.5 Å². The van der Waals surface area contributed by atoms with Gasteiger partial charge in [0.2, 0.25) is 0 Å². The topological polar surface area (TPSA) is 97.7 Å². The molecule has 20 heavy (non-hydrogen) atoms. The minimum absolute atomic E-state index is 0.0191. The first kappa shape index (κ1) is 19.6. The molecule has 0 spiro atoms. The van der Waals surface area contributed by atoms with Crippen LogP contribution in [-0.4, -0.2) is 54.6 Å². The number of hydrogen-bond donors (Lipinski definition) is 3. The van der Waals surface area contributed by atoms with E-state index in [4.69, 9.17) is 9.84 Å². The van der Waals surface area contributed by atoms with E-state index in [1.54, 1.807) is 0 Å². The molecule has 0 aromatic rings. The van der Waals surface area contributed by atoms with E-state index < -0.39 is 21.8 Å². The Bertz CT molecular complexity index is 406. The van der Waals surface area contributed by atoms with Crippen molar-refractivity contribution in [2.24, 2.45) is 0 Å². The zero-order valence-electron chi connectivity index (χ0n) is 11.0. The number of sulfone groups is 1. The third kappa shape index (κ3) is 11.4. The lowest BCUT2D eigenvalue weighted by Gasteiger charge is -2.08. The molecule has 9 heteroatoms. The standard InChI is InChI=1S/C11H20O6S3/c12-10(13)3-1-5-20(15,16)6-2-4-11(14)17-7-9(19)8-18/h9,18-19H,1-8H2,(H,12,13). The number of carboxylic acid groups (broad SMARTS) is 1. The van der Waals surface area contributed by atoms with E-state index >= 15 is 0 Å². The van der Waals surface area contributed by atoms with Crippen molar-refractivity contribution in [1.82, 2.24) is 0 Å². The van der Waals surface area contributed by atoms with E-state index in [-0.39, 0.29) is 49.0 Å². The highest BCUT2D eigenvalue weighted by atomic mass is 32.2. The third-order valence-corrected chi connectivity index (χ3v) is 5.21. The summed E-state index contributed by atoms with van der Waals surface area (Å²) in [7, 11) is -3.31. The Balaban J connectivity index is 3.81. The van der Waals surface area contributed by atoms with Crippen LogP contribution in [0.3, 0.4) is 0 Å². The molecule has 1 unspecified atom stereocenters. The number of rotatable bonds is 11. The van der Waals surface area contributed by atoms with E-state index in [1.165, 1.54) is 0 Å². The summed E-state index contributed by atoms with van der Waals surface area (Å²) in [6, 6.07) is 0. The summed E-state index contributed by atoms with van der Waals surface area (Å²) in [5, 5.41) is 8.28. The molecule has 0 aromatic carbocycles. The van der Waals surface area contributed by atoms with Gasteiger partial charge in [0.1, 0.15) is 16.4 Å². The van der Waals surface area contributed by atoms with Crippen molar-refractivity contribution in [3.8, 4) is 0 Å². The van der Waals surface area contributed by atoms with Gasteiger partial charge in [-0.05, 0) is 12.8 Å². The largest absolute Gasteiger partial charge is 0.481 e. The molecule has 0 amide bonds. The first-order chi connectivity index (χ1) is 9.26. The van der Waals surface area contributed by atoms with Crippen molar-refractivity contribution < 1.29 is 27.9 Å². The van der Waals surface area contributed by atoms with Crippen LogP contribution in [0.1, 0.15) is 25.7 Å². The van der Waals surface area contributed by atoms with Crippen LogP contribution in [0.4, 0.5) is 0 Å². The van der Waals surface area contributed by atoms with E-state index in [9.17, 15) is 18.0 Å². The number of carbonyl (C=O) groups excluding carboxylic acids is 1. The number of esters is 1. The quantitative estimate of drug-likeness (QED) is 0.379. The Morgan fingerprint density at radius 3 is 2.20 bits per heavy atom. The molecule has 0 bridgehead atoms. The van der Waals surface area contributed by atoms with Crippen molar-refractivity contribution >= 4 is 47.0 Å². The normalized spacial score (nSPS) is 12.9. The third-order valence-electron chi connectivity index (χ3n) is 2.33. The zero-order chi connectivity index (χ0) is 15.6. The number of aliphatic carboxylic acids is 1. The minimum Gasteiger partial charge on any atom is -0.481 e. The van der Waals surface area contributed by atoms with E-state index in [0.29, 0.717) is 5.75 Å². The van der Waals surface area contributed by atoms with Gasteiger partial charge in [0.25, 0.3) is 0 Å². The smallest absolute Gasteiger partial charge is 0.305 e. The van der Waals surface area contributed by atoms with Crippen LogP contribution < -0.4 is 0 Å². The lowest BCUT2D eigenvalue weighted by Crippen LogP contribution is -2.17. The monoisotopic (exact) mass is 344 g/mol. The van der Waals surface area contributed by atoms with E-state index in [2.05, 4.69) is 25.3 Å². The lowest BCUT2D eigenvalue weighted by molar-refractivity contribution is -0.143. The number of thiol groups is 2. The van der Waals surface area contributed by atoms with Gasteiger partial charge in [-0.1, -0.05) is 0 Å². The first-order valence-electron chi connectivity index (χ1n) is 6.13. The summed E-state index contributed by atoms with van der Waals surface area (Å²) in [5.41, 5.74) is 0. The van der Waals surface area contributed by atoms with Crippen LogP contribution in [0, 0.1) is 0 Å². The Morgan fingerprint density at radius 1 is 1.15 bits per heavy atom. The highest BCUT2D eigenvalue weighted by molar-refractivity contribution is 7.91. The minimum atomic E-state index is -3.31. The van der Waals surface area contributed by atoms with E-state index in [0.717, 1.165) is 0 Å². The van der Waals surface area contributed by atoms with Crippen molar-refractivity contribution in [1.29, 1.82) is 0 Å². The number of ether oxygens (including phenoxy) is 1. The van der Waals surface area contributed by atoms with Gasteiger partial charge in [-0.25, -0.2) is 8.42 Å². The van der Waals surface area contributed by atoms with Crippen LogP contribution in [0.2, 0.25) is 0 Å². The molecule has 0 fully saturated rings. The Kier molecular flexibility index (Phi) is 10.1. The molecule has 0 saturated carbocycles. The van der Waals surface area contributed by atoms with Gasteiger partial charge < -0.3 is 9.84 Å². The second-order valence-corrected chi connectivity index (χ2v) is 7.67. The molecule has 0 rings (SSSR count). The molecule has 0 aromatic heterocycles. The molecule has 0 aliphatic rings. The fourth-order valence-electron chi connectivity index (χ4n) is 1.30. The van der Waals surface area contributed by atoms with Crippen LogP contribution in [0.15, 0.2) is 0 Å². The summed E-state index contributed by atoms with van der Waals surface area (Å²) < 4.78 is 28.0. The Hall–Kier alpha value is -0.410. The van der Waals surface area contributed by atoms with Crippen LogP contribution in [0.5, 0.6) is 0 Å². The van der Waals surface area contributed by atoms with Gasteiger partial charge >= 0.3 is 11.9 Å². The lowest BCUT2D eigenvalue weighted by atomic mass is 10.3. The van der Waals surface area contributed by atoms with Gasteiger partial charge in [0, 0.05) is 23.8 Å². The van der Waals surface area contributed by atoms with Gasteiger partial charge in [-0.15, -0.1) is 0 Å². The number of carboxylic acids is 1. The second-order valence-electron chi connectivity index (χ2n) is 4.27. The number of hydrogen-bond acceptors (Lipinski definition) is 7. The van der Waals surface area contributed by atoms with Gasteiger partial charge in [-0.2, -0.15) is 25.3 Å². The number of carbonyl (C=O) groups is 2. The Labute approximate surface area is 130 Å². The molecule has 1 N–H and O–H groups in total. The molecule has 0 aliphatic carbocycles. The zero-order valence-corrected chi connectivity index (χ0v) is 13.6. The predicted molar refractivity (Wildman–Crippen MR) is 82.3 cm³/mol. The molecular formula is C11H20O6S3. The van der Waals surface area contributed by atoms with Crippen molar-refractivity contribution in [3.05, 3.63) is 0 Å². The fourth-order valence-corrected chi connectivity index (χ4v) is 2.85. The predicted octanol–water partition coefficient (Wildman–Crippen LogP) is 0.818. The van der Waals surface area contributed by atoms with Crippen LogP contribution in [0.25, 0.3) is 0 Å². The molecule has 0 saturated heterocycles. The van der Waals surface area contributed by atoms with Crippen LogP contribution >= 0.6 is 25.3 Å². The average Bonchev–Trinajstić information content (AvgIpc) is 2.34. The average molecular weight is 344 g/mol. The van der Waals surface area contributed by atoms with Crippen molar-refractivity contribution in [2.45, 2.75) is 30.9 Å². The van der Waals surface area contributed by atoms with Gasteiger partial charge in [-0.3, -0.25) is 9.59 Å². The maximum Gasteiger partial charge on any atom is 0.305 e. The van der Waals surface area contributed by atoms with Crippen LogP contribution in [-0.2, 0) is 24.2 Å². The van der Waals surface area contributed by atoms with Gasteiger partial charge in [0.15, 0.2) is 0 Å². The Morgan fingerprint density at radius 2 is 1.70 bits per heavy atom. The summed E-state index contributed by atoms with van der Waals surface area (Å²) in [6.07, 6.45) is 0.108. The summed E-state index contributed by atoms with van der Waals surface area (Å²) in [5.74, 6) is -1.32. The molecule has 1 atom stereocenters. The maximum absolute atomic E-state index is 11.5. The molecule has 0 radical (unpaired) electrons. The van der Waals surface area contributed by atoms with Crippen molar-refractivity contribution in [3.63, 3.8) is 0 Å². The SMILES string of the molecule is O=C(O)CCCS(=O)(=O)CCCC(=O)OCC(S)CS.